The predicted molar refractivity (Wildman–Crippen MR) is 136 cm³/mol. The number of hydrogen-bond donors (Lipinski definition) is 0. The molecule has 180 valence electrons. The fraction of sp³-hybridized carbons (Fsp3) is 0.429. The van der Waals surface area contributed by atoms with E-state index in [1.807, 2.05) is 27.7 Å². The van der Waals surface area contributed by atoms with Gasteiger partial charge in [0.2, 0.25) is 0 Å². The molecule has 1 aliphatic heterocycles. The molecule has 0 N–H and O–H groups in total. The lowest BCUT2D eigenvalue weighted by Gasteiger charge is -2.24. The summed E-state index contributed by atoms with van der Waals surface area (Å²) in [7, 11) is 0. The van der Waals surface area contributed by atoms with Gasteiger partial charge in [0, 0.05) is 43.8 Å². The maximum atomic E-state index is 13.4. The second kappa shape index (κ2) is 9.04. The van der Waals surface area contributed by atoms with E-state index in [1.54, 1.807) is 6.33 Å². The van der Waals surface area contributed by atoms with Gasteiger partial charge >= 0.3 is 0 Å². The fourth-order valence-electron chi connectivity index (χ4n) is 5.10. The fourth-order valence-corrected chi connectivity index (χ4v) is 5.10. The van der Waals surface area contributed by atoms with E-state index in [2.05, 4.69) is 37.3 Å². The third-order valence-electron chi connectivity index (χ3n) is 7.62. The van der Waals surface area contributed by atoms with Crippen molar-refractivity contribution in [1.29, 1.82) is 0 Å². The summed E-state index contributed by atoms with van der Waals surface area (Å²) in [5.41, 5.74) is 7.35. The van der Waals surface area contributed by atoms with Crippen molar-refractivity contribution in [1.82, 2.24) is 24.3 Å². The molecule has 1 saturated carbocycles. The highest BCUT2D eigenvalue weighted by atomic mass is 16.5. The summed E-state index contributed by atoms with van der Waals surface area (Å²) in [6.45, 7) is 6.57. The van der Waals surface area contributed by atoms with Crippen LogP contribution in [0.5, 0.6) is 0 Å². The minimum Gasteiger partial charge on any atom is -0.381 e. The van der Waals surface area contributed by atoms with E-state index < -0.39 is 0 Å². The van der Waals surface area contributed by atoms with E-state index >= 15 is 0 Å². The first-order valence-electron chi connectivity index (χ1n) is 12.6. The van der Waals surface area contributed by atoms with Crippen LogP contribution in [-0.2, 0) is 17.7 Å². The van der Waals surface area contributed by atoms with Crippen molar-refractivity contribution in [3.63, 3.8) is 0 Å². The SMILES string of the molecule is Cc1c(Cc2ccc(-c3cnn(CC4CC4)c3)nc2)cc2c(=O)n(C3CCOCC3)cnc2c1C. The standard InChI is InChI=1S/C28H31N5O2/c1-18-19(2)27-25(28(34)33(17-30-27)24-7-9-35-10-8-24)12-22(18)11-21-5-6-26(29-13-21)23-14-31-32(16-23)15-20-3-4-20/h5-6,12-14,16-17,20,24H,3-4,7-11,15H2,1-2H3. The van der Waals surface area contributed by atoms with E-state index in [0.717, 1.165) is 65.2 Å². The van der Waals surface area contributed by atoms with E-state index in [0.29, 0.717) is 18.6 Å². The normalized spacial score (nSPS) is 16.7. The number of ether oxygens (including phenoxy) is 1. The maximum Gasteiger partial charge on any atom is 0.261 e. The van der Waals surface area contributed by atoms with Gasteiger partial charge < -0.3 is 4.74 Å². The van der Waals surface area contributed by atoms with Crippen LogP contribution in [0, 0.1) is 19.8 Å². The van der Waals surface area contributed by atoms with Crippen LogP contribution < -0.4 is 5.56 Å². The molecule has 1 aromatic carbocycles. The van der Waals surface area contributed by atoms with E-state index in [-0.39, 0.29) is 11.6 Å². The largest absolute Gasteiger partial charge is 0.381 e. The molecule has 7 heteroatoms. The molecular weight excluding hydrogens is 438 g/mol. The zero-order valence-corrected chi connectivity index (χ0v) is 20.4. The minimum absolute atomic E-state index is 0.0444. The van der Waals surface area contributed by atoms with Gasteiger partial charge in [-0.3, -0.25) is 19.0 Å². The second-order valence-electron chi connectivity index (χ2n) is 10.1. The molecule has 1 saturated heterocycles. The molecule has 1 aliphatic carbocycles. The number of rotatable bonds is 6. The monoisotopic (exact) mass is 469 g/mol. The number of benzene rings is 1. The maximum absolute atomic E-state index is 13.4. The van der Waals surface area contributed by atoms with Gasteiger partial charge in [-0.05, 0) is 86.3 Å². The molecule has 0 bridgehead atoms. The summed E-state index contributed by atoms with van der Waals surface area (Å²) < 4.78 is 9.32. The Morgan fingerprint density at radius 3 is 2.60 bits per heavy atom. The summed E-state index contributed by atoms with van der Waals surface area (Å²) in [5, 5.41) is 5.19. The topological polar surface area (TPSA) is 74.8 Å². The lowest BCUT2D eigenvalue weighted by Crippen LogP contribution is -2.29. The molecule has 0 unspecified atom stereocenters. The predicted octanol–water partition coefficient (Wildman–Crippen LogP) is 4.62. The van der Waals surface area contributed by atoms with Crippen molar-refractivity contribution < 1.29 is 4.74 Å². The highest BCUT2D eigenvalue weighted by Gasteiger charge is 2.22. The molecule has 0 amide bonds. The van der Waals surface area contributed by atoms with Crippen LogP contribution in [0.4, 0.5) is 0 Å². The average Bonchev–Trinajstić information content (AvgIpc) is 3.58. The average molecular weight is 470 g/mol. The van der Waals surface area contributed by atoms with Gasteiger partial charge in [-0.1, -0.05) is 6.07 Å². The summed E-state index contributed by atoms with van der Waals surface area (Å²) in [5.74, 6) is 0.794. The smallest absolute Gasteiger partial charge is 0.261 e. The molecule has 7 nitrogen and oxygen atoms in total. The first kappa shape index (κ1) is 22.2. The van der Waals surface area contributed by atoms with Crippen molar-refractivity contribution in [2.75, 3.05) is 13.2 Å². The first-order chi connectivity index (χ1) is 17.1. The van der Waals surface area contributed by atoms with Crippen molar-refractivity contribution in [3.8, 4) is 11.3 Å². The van der Waals surface area contributed by atoms with Crippen LogP contribution in [0.1, 0.15) is 54.0 Å². The molecule has 4 heterocycles. The Hall–Kier alpha value is -3.32. The highest BCUT2D eigenvalue weighted by Crippen LogP contribution is 2.31. The molecular formula is C28H31N5O2. The third-order valence-corrected chi connectivity index (χ3v) is 7.62. The zero-order chi connectivity index (χ0) is 23.9. The van der Waals surface area contributed by atoms with Gasteiger partial charge in [-0.25, -0.2) is 4.98 Å². The first-order valence-corrected chi connectivity index (χ1v) is 12.6. The molecule has 35 heavy (non-hydrogen) atoms. The van der Waals surface area contributed by atoms with Gasteiger partial charge in [0.15, 0.2) is 0 Å². The summed E-state index contributed by atoms with van der Waals surface area (Å²) in [6.07, 6.45) is 12.7. The molecule has 2 aliphatic rings. The zero-order valence-electron chi connectivity index (χ0n) is 20.4. The van der Waals surface area contributed by atoms with Crippen molar-refractivity contribution in [2.45, 2.75) is 58.5 Å². The Balaban J connectivity index is 1.28. The number of hydrogen-bond acceptors (Lipinski definition) is 5. The molecule has 4 aromatic rings. The minimum atomic E-state index is 0.0444. The third kappa shape index (κ3) is 4.41. The number of nitrogens with zero attached hydrogens (tertiary/aromatic N) is 5. The summed E-state index contributed by atoms with van der Waals surface area (Å²) >= 11 is 0. The van der Waals surface area contributed by atoms with Crippen LogP contribution in [0.3, 0.4) is 0 Å². The van der Waals surface area contributed by atoms with Crippen molar-refractivity contribution in [2.24, 2.45) is 5.92 Å². The Labute approximate surface area is 204 Å². The lowest BCUT2D eigenvalue weighted by molar-refractivity contribution is 0.0685. The quantitative estimate of drug-likeness (QED) is 0.412. The second-order valence-corrected chi connectivity index (χ2v) is 10.1. The Kier molecular flexibility index (Phi) is 5.72. The Bertz CT molecular complexity index is 1430. The summed E-state index contributed by atoms with van der Waals surface area (Å²) in [4.78, 5) is 22.8. The van der Waals surface area contributed by atoms with Gasteiger partial charge in [0.05, 0.1) is 29.1 Å². The van der Waals surface area contributed by atoms with Crippen LogP contribution in [0.15, 0.2) is 47.9 Å². The molecule has 0 radical (unpaired) electrons. The molecule has 2 fully saturated rings. The molecule has 0 atom stereocenters. The number of pyridine rings is 1. The van der Waals surface area contributed by atoms with Crippen LogP contribution in [0.2, 0.25) is 0 Å². The number of aryl methyl sites for hydroxylation is 1. The van der Waals surface area contributed by atoms with Crippen molar-refractivity contribution >= 4 is 10.9 Å². The molecule has 3 aromatic heterocycles. The lowest BCUT2D eigenvalue weighted by atomic mass is 9.95. The molecule has 6 rings (SSSR count). The Morgan fingerprint density at radius 2 is 1.86 bits per heavy atom. The summed E-state index contributed by atoms with van der Waals surface area (Å²) in [6, 6.07) is 6.39. The van der Waals surface area contributed by atoms with E-state index in [1.165, 1.54) is 18.4 Å². The van der Waals surface area contributed by atoms with Gasteiger partial charge in [-0.2, -0.15) is 5.10 Å². The van der Waals surface area contributed by atoms with E-state index in [4.69, 9.17) is 14.7 Å². The number of aromatic nitrogens is 5. The van der Waals surface area contributed by atoms with Crippen LogP contribution >= 0.6 is 0 Å². The Morgan fingerprint density at radius 1 is 1.03 bits per heavy atom. The molecule has 0 spiro atoms. The highest BCUT2D eigenvalue weighted by molar-refractivity contribution is 5.83. The number of fused-ring (bicyclic) bond motifs is 1. The van der Waals surface area contributed by atoms with Crippen LogP contribution in [-0.4, -0.2) is 37.5 Å². The van der Waals surface area contributed by atoms with Crippen LogP contribution in [0.25, 0.3) is 22.2 Å². The van der Waals surface area contributed by atoms with Gasteiger partial charge in [-0.15, -0.1) is 0 Å². The van der Waals surface area contributed by atoms with Crippen molar-refractivity contribution in [3.05, 3.63) is 75.7 Å². The van der Waals surface area contributed by atoms with Gasteiger partial charge in [0.1, 0.15) is 0 Å². The van der Waals surface area contributed by atoms with Gasteiger partial charge in [0.25, 0.3) is 5.56 Å². The van der Waals surface area contributed by atoms with E-state index in [9.17, 15) is 4.79 Å².